The molecule has 4 aromatic rings. The van der Waals surface area contributed by atoms with Gasteiger partial charge in [0.05, 0.1) is 5.69 Å². The molecule has 0 aromatic heterocycles. The van der Waals surface area contributed by atoms with Crippen LogP contribution in [-0.4, -0.2) is 17.8 Å². The number of anilines is 1. The summed E-state index contributed by atoms with van der Waals surface area (Å²) in [6.45, 7) is 5.97. The maximum atomic E-state index is 13.5. The SMILES string of the molecule is Cc1ccc(C)c(N2C(=O)NC(=O)/C(=C\c3cc(Cl)ccc3OCc3c(C)ccc4ccccc34)C2=O)c1. The van der Waals surface area contributed by atoms with Gasteiger partial charge >= 0.3 is 6.03 Å². The third kappa shape index (κ3) is 4.78. The first-order chi connectivity index (χ1) is 18.2. The van der Waals surface area contributed by atoms with Crippen molar-refractivity contribution in [3.63, 3.8) is 0 Å². The number of fused-ring (bicyclic) bond motifs is 1. The first-order valence-corrected chi connectivity index (χ1v) is 12.5. The molecule has 7 heteroatoms. The minimum absolute atomic E-state index is 0.195. The number of halogens is 1. The number of ether oxygens (including phenoxy) is 1. The molecule has 6 nitrogen and oxygen atoms in total. The smallest absolute Gasteiger partial charge is 0.335 e. The molecular weight excluding hydrogens is 500 g/mol. The number of imide groups is 2. The van der Waals surface area contributed by atoms with Crippen LogP contribution in [0.15, 0.2) is 78.4 Å². The van der Waals surface area contributed by atoms with Gasteiger partial charge in [-0.3, -0.25) is 14.9 Å². The van der Waals surface area contributed by atoms with E-state index in [1.165, 1.54) is 6.08 Å². The molecule has 1 saturated heterocycles. The van der Waals surface area contributed by atoms with E-state index in [0.29, 0.717) is 22.0 Å². The van der Waals surface area contributed by atoms with Crippen molar-refractivity contribution < 1.29 is 19.1 Å². The quantitative estimate of drug-likeness (QED) is 0.234. The molecule has 5 rings (SSSR count). The molecule has 1 N–H and O–H groups in total. The van der Waals surface area contributed by atoms with Gasteiger partial charge in [0.1, 0.15) is 17.9 Å². The Bertz CT molecular complexity index is 1660. The lowest BCUT2D eigenvalue weighted by Gasteiger charge is -2.28. The summed E-state index contributed by atoms with van der Waals surface area (Å²) in [5.41, 5.74) is 4.40. The molecule has 0 radical (unpaired) electrons. The summed E-state index contributed by atoms with van der Waals surface area (Å²) in [5.74, 6) is -1.05. The van der Waals surface area contributed by atoms with Crippen molar-refractivity contribution >= 4 is 52.0 Å². The summed E-state index contributed by atoms with van der Waals surface area (Å²) in [4.78, 5) is 40.0. The Morgan fingerprint density at radius 2 is 1.66 bits per heavy atom. The Hall–Kier alpha value is -4.42. The van der Waals surface area contributed by atoms with Gasteiger partial charge in [0.15, 0.2) is 0 Å². The molecule has 0 saturated carbocycles. The highest BCUT2D eigenvalue weighted by atomic mass is 35.5. The molecule has 0 atom stereocenters. The average molecular weight is 525 g/mol. The maximum absolute atomic E-state index is 13.5. The molecule has 0 aliphatic carbocycles. The van der Waals surface area contributed by atoms with Crippen molar-refractivity contribution in [3.8, 4) is 5.75 Å². The van der Waals surface area contributed by atoms with Gasteiger partial charge in [0, 0.05) is 16.1 Å². The van der Waals surface area contributed by atoms with E-state index in [2.05, 4.69) is 23.5 Å². The second kappa shape index (κ2) is 10.1. The number of urea groups is 1. The molecule has 38 heavy (non-hydrogen) atoms. The number of amides is 4. The van der Waals surface area contributed by atoms with Crippen molar-refractivity contribution in [3.05, 3.63) is 111 Å². The number of nitrogens with zero attached hydrogens (tertiary/aromatic N) is 1. The Morgan fingerprint density at radius 1 is 0.895 bits per heavy atom. The van der Waals surface area contributed by atoms with Crippen molar-refractivity contribution in [2.75, 3.05) is 4.90 Å². The van der Waals surface area contributed by atoms with Crippen molar-refractivity contribution in [2.24, 2.45) is 0 Å². The van der Waals surface area contributed by atoms with Crippen LogP contribution in [0, 0.1) is 20.8 Å². The van der Waals surface area contributed by atoms with Crippen molar-refractivity contribution in [1.29, 1.82) is 0 Å². The average Bonchev–Trinajstić information content (AvgIpc) is 2.88. The second-order valence-corrected chi connectivity index (χ2v) is 9.74. The van der Waals surface area contributed by atoms with E-state index in [0.717, 1.165) is 37.9 Å². The fourth-order valence-electron chi connectivity index (χ4n) is 4.54. The highest BCUT2D eigenvalue weighted by molar-refractivity contribution is 6.39. The van der Waals surface area contributed by atoms with Gasteiger partial charge in [-0.05, 0) is 78.6 Å². The van der Waals surface area contributed by atoms with E-state index in [4.69, 9.17) is 16.3 Å². The first-order valence-electron chi connectivity index (χ1n) is 12.1. The molecule has 1 heterocycles. The fraction of sp³-hybridized carbons (Fsp3) is 0.129. The minimum Gasteiger partial charge on any atom is -0.488 e. The van der Waals surface area contributed by atoms with Gasteiger partial charge in [0.25, 0.3) is 11.8 Å². The number of carbonyl (C=O) groups is 3. The topological polar surface area (TPSA) is 75.7 Å². The van der Waals surface area contributed by atoms with Gasteiger partial charge < -0.3 is 4.74 Å². The number of barbiturate groups is 1. The number of benzene rings is 4. The van der Waals surface area contributed by atoms with Gasteiger partial charge in [-0.25, -0.2) is 9.69 Å². The van der Waals surface area contributed by atoms with Gasteiger partial charge in [-0.15, -0.1) is 0 Å². The molecule has 0 bridgehead atoms. The minimum atomic E-state index is -0.792. The van der Waals surface area contributed by atoms with Crippen LogP contribution in [-0.2, 0) is 16.2 Å². The molecular formula is C31H25ClN2O4. The van der Waals surface area contributed by atoms with Crippen LogP contribution in [0.5, 0.6) is 5.75 Å². The van der Waals surface area contributed by atoms with Crippen LogP contribution in [0.4, 0.5) is 10.5 Å². The molecule has 4 aromatic carbocycles. The maximum Gasteiger partial charge on any atom is 0.335 e. The number of hydrogen-bond acceptors (Lipinski definition) is 4. The molecule has 4 amide bonds. The number of hydrogen-bond donors (Lipinski definition) is 1. The number of carbonyl (C=O) groups excluding carboxylic acids is 3. The van der Waals surface area contributed by atoms with Crippen LogP contribution in [0.2, 0.25) is 5.02 Å². The van der Waals surface area contributed by atoms with Crippen LogP contribution in [0.3, 0.4) is 0 Å². The molecule has 0 unspecified atom stereocenters. The van der Waals surface area contributed by atoms with E-state index in [1.807, 2.05) is 44.2 Å². The monoisotopic (exact) mass is 524 g/mol. The third-order valence-corrected chi connectivity index (χ3v) is 6.86. The normalized spacial score (nSPS) is 14.8. The van der Waals surface area contributed by atoms with Crippen molar-refractivity contribution in [1.82, 2.24) is 5.32 Å². The Kier molecular flexibility index (Phi) is 6.74. The number of rotatable bonds is 5. The molecule has 1 fully saturated rings. The molecule has 0 spiro atoms. The van der Waals surface area contributed by atoms with E-state index in [1.54, 1.807) is 31.2 Å². The highest BCUT2D eigenvalue weighted by Crippen LogP contribution is 2.31. The molecule has 1 aliphatic rings. The summed E-state index contributed by atoms with van der Waals surface area (Å²) in [6.07, 6.45) is 1.42. The third-order valence-electron chi connectivity index (χ3n) is 6.63. The summed E-state index contributed by atoms with van der Waals surface area (Å²) in [5, 5.41) is 4.89. The van der Waals surface area contributed by atoms with E-state index in [-0.39, 0.29) is 12.2 Å². The predicted molar refractivity (Wildman–Crippen MR) is 149 cm³/mol. The number of aryl methyl sites for hydroxylation is 3. The first kappa shape index (κ1) is 25.2. The summed E-state index contributed by atoms with van der Waals surface area (Å²) < 4.78 is 6.22. The van der Waals surface area contributed by atoms with E-state index in [9.17, 15) is 14.4 Å². The summed E-state index contributed by atoms with van der Waals surface area (Å²) >= 11 is 6.28. The van der Waals surface area contributed by atoms with E-state index < -0.39 is 17.8 Å². The second-order valence-electron chi connectivity index (χ2n) is 9.30. The largest absolute Gasteiger partial charge is 0.488 e. The lowest BCUT2D eigenvalue weighted by atomic mass is 10.0. The summed E-state index contributed by atoms with van der Waals surface area (Å²) in [7, 11) is 0. The van der Waals surface area contributed by atoms with Gasteiger partial charge in [-0.2, -0.15) is 0 Å². The van der Waals surface area contributed by atoms with Gasteiger partial charge in [-0.1, -0.05) is 60.1 Å². The van der Waals surface area contributed by atoms with Gasteiger partial charge in [0.2, 0.25) is 0 Å². The lowest BCUT2D eigenvalue weighted by molar-refractivity contribution is -0.122. The predicted octanol–water partition coefficient (Wildman–Crippen LogP) is 6.66. The molecule has 190 valence electrons. The van der Waals surface area contributed by atoms with E-state index >= 15 is 0 Å². The standard InChI is InChI=1S/C31H25ClN2O4/c1-18-8-9-20(3)27(14-18)34-30(36)25(29(35)33-31(34)37)16-22-15-23(32)12-13-28(22)38-17-26-19(2)10-11-21-6-4-5-7-24(21)26/h4-16H,17H2,1-3H3,(H,33,35,37)/b25-16+. The molecule has 1 aliphatic heterocycles. The Morgan fingerprint density at radius 3 is 2.47 bits per heavy atom. The zero-order valence-electron chi connectivity index (χ0n) is 21.2. The Labute approximate surface area is 225 Å². The van der Waals surface area contributed by atoms with Crippen LogP contribution < -0.4 is 15.0 Å². The fourth-order valence-corrected chi connectivity index (χ4v) is 4.72. The van der Waals surface area contributed by atoms with Crippen LogP contribution >= 0.6 is 11.6 Å². The highest BCUT2D eigenvalue weighted by Gasteiger charge is 2.37. The Balaban J connectivity index is 1.51. The number of nitrogens with one attached hydrogen (secondary N) is 1. The summed E-state index contributed by atoms with van der Waals surface area (Å²) in [6, 6.07) is 21.9. The zero-order valence-corrected chi connectivity index (χ0v) is 21.9. The lowest BCUT2D eigenvalue weighted by Crippen LogP contribution is -2.54. The van der Waals surface area contributed by atoms with Crippen molar-refractivity contribution in [2.45, 2.75) is 27.4 Å². The van der Waals surface area contributed by atoms with Crippen LogP contribution in [0.25, 0.3) is 16.8 Å². The van der Waals surface area contributed by atoms with Crippen LogP contribution in [0.1, 0.15) is 27.8 Å². The zero-order chi connectivity index (χ0) is 27.0.